The molecule has 0 aromatic heterocycles. The molecule has 1 saturated heterocycles. The normalized spacial score (nSPS) is 21.3. The second kappa shape index (κ2) is 6.57. The molecule has 1 aliphatic heterocycles. The lowest BCUT2D eigenvalue weighted by Gasteiger charge is -2.33. The lowest BCUT2D eigenvalue weighted by Crippen LogP contribution is -2.34. The molecule has 3 heteroatoms. The van der Waals surface area contributed by atoms with Gasteiger partial charge in [-0.1, -0.05) is 26.8 Å². The highest BCUT2D eigenvalue weighted by molar-refractivity contribution is 5.50. The smallest absolute Gasteiger partial charge is 0.146 e. The summed E-state index contributed by atoms with van der Waals surface area (Å²) in [4.78, 5) is 2.19. The Kier molecular flexibility index (Phi) is 5.03. The standard InChI is InChI=1S/C17H27FN2/c1-12(2)19-14(4)15-7-8-17(16(18)10-15)20-9-5-6-13(3)11-20/h7-8,10,12-14,19H,5-6,9,11H2,1-4H3/t13-,14+/m1/s1. The molecule has 1 heterocycles. The van der Waals surface area contributed by atoms with E-state index in [-0.39, 0.29) is 11.9 Å². The molecule has 0 spiro atoms. The number of rotatable bonds is 4. The molecule has 20 heavy (non-hydrogen) atoms. The SMILES string of the molecule is CC(C)N[C@@H](C)c1ccc(N2CCC[C@@H](C)C2)c(F)c1. The minimum absolute atomic E-state index is 0.0889. The molecule has 0 unspecified atom stereocenters. The third-order valence-corrected chi connectivity index (χ3v) is 4.05. The van der Waals surface area contributed by atoms with Gasteiger partial charge in [0.05, 0.1) is 5.69 Å². The van der Waals surface area contributed by atoms with Gasteiger partial charge in [-0.2, -0.15) is 0 Å². The maximum atomic E-state index is 14.4. The van der Waals surface area contributed by atoms with Crippen molar-refractivity contribution in [2.24, 2.45) is 5.92 Å². The van der Waals surface area contributed by atoms with E-state index in [1.165, 1.54) is 6.42 Å². The number of nitrogens with one attached hydrogen (secondary N) is 1. The summed E-state index contributed by atoms with van der Waals surface area (Å²) in [5, 5.41) is 3.41. The van der Waals surface area contributed by atoms with E-state index >= 15 is 0 Å². The van der Waals surface area contributed by atoms with Gasteiger partial charge in [-0.3, -0.25) is 0 Å². The second-order valence-corrected chi connectivity index (χ2v) is 6.45. The fourth-order valence-electron chi connectivity index (χ4n) is 3.05. The molecule has 2 nitrogen and oxygen atoms in total. The van der Waals surface area contributed by atoms with E-state index in [0.717, 1.165) is 30.8 Å². The number of halogens is 1. The summed E-state index contributed by atoms with van der Waals surface area (Å²) in [5.74, 6) is 0.568. The largest absolute Gasteiger partial charge is 0.369 e. The molecule has 1 aliphatic rings. The molecule has 0 aliphatic carbocycles. The van der Waals surface area contributed by atoms with Gasteiger partial charge in [0.1, 0.15) is 5.82 Å². The van der Waals surface area contributed by atoms with Crippen LogP contribution in [0.5, 0.6) is 0 Å². The number of hydrogen-bond donors (Lipinski definition) is 1. The van der Waals surface area contributed by atoms with E-state index < -0.39 is 0 Å². The fourth-order valence-corrected chi connectivity index (χ4v) is 3.05. The summed E-state index contributed by atoms with van der Waals surface area (Å²) in [6, 6.07) is 6.27. The Labute approximate surface area is 122 Å². The van der Waals surface area contributed by atoms with Crippen molar-refractivity contribution >= 4 is 5.69 Å². The van der Waals surface area contributed by atoms with Crippen LogP contribution in [0.15, 0.2) is 18.2 Å². The maximum absolute atomic E-state index is 14.4. The minimum Gasteiger partial charge on any atom is -0.369 e. The summed E-state index contributed by atoms with van der Waals surface area (Å²) in [7, 11) is 0. The lowest BCUT2D eigenvalue weighted by molar-refractivity contribution is 0.441. The highest BCUT2D eigenvalue weighted by Gasteiger charge is 2.20. The predicted molar refractivity (Wildman–Crippen MR) is 83.7 cm³/mol. The average molecular weight is 278 g/mol. The van der Waals surface area contributed by atoms with Crippen molar-refractivity contribution in [3.05, 3.63) is 29.6 Å². The summed E-state index contributed by atoms with van der Waals surface area (Å²) in [6.45, 7) is 10.5. The average Bonchev–Trinajstić information content (AvgIpc) is 2.37. The molecular formula is C17H27FN2. The molecular weight excluding hydrogens is 251 g/mol. The van der Waals surface area contributed by atoms with Gasteiger partial charge in [-0.25, -0.2) is 4.39 Å². The second-order valence-electron chi connectivity index (χ2n) is 6.45. The Bertz CT molecular complexity index is 445. The van der Waals surface area contributed by atoms with Gasteiger partial charge in [0.25, 0.3) is 0 Å². The molecule has 1 aromatic carbocycles. The summed E-state index contributed by atoms with van der Waals surface area (Å²) in [5.41, 5.74) is 1.78. The van der Waals surface area contributed by atoms with Gasteiger partial charge in [0.15, 0.2) is 0 Å². The zero-order valence-corrected chi connectivity index (χ0v) is 13.1. The van der Waals surface area contributed by atoms with E-state index in [4.69, 9.17) is 0 Å². The molecule has 112 valence electrons. The third kappa shape index (κ3) is 3.72. The Morgan fingerprint density at radius 1 is 1.30 bits per heavy atom. The summed E-state index contributed by atoms with van der Waals surface area (Å²) < 4.78 is 14.4. The topological polar surface area (TPSA) is 15.3 Å². The van der Waals surface area contributed by atoms with Crippen LogP contribution in [-0.2, 0) is 0 Å². The van der Waals surface area contributed by atoms with Crippen molar-refractivity contribution in [3.63, 3.8) is 0 Å². The Balaban J connectivity index is 2.13. The van der Waals surface area contributed by atoms with E-state index in [9.17, 15) is 4.39 Å². The van der Waals surface area contributed by atoms with Crippen molar-refractivity contribution < 1.29 is 4.39 Å². The summed E-state index contributed by atoms with van der Waals surface area (Å²) in [6.07, 6.45) is 2.42. The van der Waals surface area contributed by atoms with Gasteiger partial charge in [0.2, 0.25) is 0 Å². The van der Waals surface area contributed by atoms with Crippen LogP contribution < -0.4 is 10.2 Å². The van der Waals surface area contributed by atoms with Gasteiger partial charge in [-0.15, -0.1) is 0 Å². The molecule has 0 bridgehead atoms. The Morgan fingerprint density at radius 3 is 2.65 bits per heavy atom. The molecule has 2 atom stereocenters. The van der Waals surface area contributed by atoms with E-state index in [1.807, 2.05) is 6.07 Å². The third-order valence-electron chi connectivity index (χ3n) is 4.05. The predicted octanol–water partition coefficient (Wildman–Crippen LogP) is 4.12. The minimum atomic E-state index is -0.0889. The first kappa shape index (κ1) is 15.3. The van der Waals surface area contributed by atoms with E-state index in [2.05, 4.69) is 44.0 Å². The van der Waals surface area contributed by atoms with Crippen LogP contribution in [0.1, 0.15) is 52.1 Å². The van der Waals surface area contributed by atoms with Crippen LogP contribution >= 0.6 is 0 Å². The number of hydrogen-bond acceptors (Lipinski definition) is 2. The highest BCUT2D eigenvalue weighted by Crippen LogP contribution is 2.27. The number of piperidine rings is 1. The zero-order valence-electron chi connectivity index (χ0n) is 13.1. The lowest BCUT2D eigenvalue weighted by atomic mass is 9.99. The molecule has 0 amide bonds. The van der Waals surface area contributed by atoms with Crippen molar-refractivity contribution in [2.45, 2.75) is 52.6 Å². The van der Waals surface area contributed by atoms with Crippen molar-refractivity contribution in [3.8, 4) is 0 Å². The molecule has 1 aromatic rings. The molecule has 0 saturated carbocycles. The zero-order chi connectivity index (χ0) is 14.7. The first-order valence-electron chi connectivity index (χ1n) is 7.78. The van der Waals surface area contributed by atoms with Crippen molar-refractivity contribution in [2.75, 3.05) is 18.0 Å². The van der Waals surface area contributed by atoms with Gasteiger partial charge >= 0.3 is 0 Å². The van der Waals surface area contributed by atoms with Crippen molar-refractivity contribution in [1.82, 2.24) is 5.32 Å². The maximum Gasteiger partial charge on any atom is 0.146 e. The van der Waals surface area contributed by atoms with Crippen LogP contribution in [0.3, 0.4) is 0 Å². The van der Waals surface area contributed by atoms with Gasteiger partial charge in [-0.05, 0) is 43.4 Å². The molecule has 1 fully saturated rings. The molecule has 2 rings (SSSR count). The van der Waals surface area contributed by atoms with Crippen LogP contribution in [0.25, 0.3) is 0 Å². The monoisotopic (exact) mass is 278 g/mol. The fraction of sp³-hybridized carbons (Fsp3) is 0.647. The van der Waals surface area contributed by atoms with Crippen LogP contribution in [-0.4, -0.2) is 19.1 Å². The number of anilines is 1. The highest BCUT2D eigenvalue weighted by atomic mass is 19.1. The van der Waals surface area contributed by atoms with E-state index in [0.29, 0.717) is 12.0 Å². The molecule has 0 radical (unpaired) electrons. The van der Waals surface area contributed by atoms with Gasteiger partial charge < -0.3 is 10.2 Å². The number of benzene rings is 1. The van der Waals surface area contributed by atoms with Crippen molar-refractivity contribution in [1.29, 1.82) is 0 Å². The van der Waals surface area contributed by atoms with E-state index in [1.54, 1.807) is 6.07 Å². The Morgan fingerprint density at radius 2 is 2.05 bits per heavy atom. The molecule has 1 N–H and O–H groups in total. The first-order chi connectivity index (χ1) is 9.47. The number of nitrogens with zero attached hydrogens (tertiary/aromatic N) is 1. The van der Waals surface area contributed by atoms with Gasteiger partial charge in [0, 0.05) is 25.2 Å². The Hall–Kier alpha value is -1.09. The first-order valence-corrected chi connectivity index (χ1v) is 7.78. The van der Waals surface area contributed by atoms with Crippen LogP contribution in [0, 0.1) is 11.7 Å². The van der Waals surface area contributed by atoms with Crippen LogP contribution in [0.2, 0.25) is 0 Å². The quantitative estimate of drug-likeness (QED) is 0.891. The van der Waals surface area contributed by atoms with Crippen LogP contribution in [0.4, 0.5) is 10.1 Å². The summed E-state index contributed by atoms with van der Waals surface area (Å²) >= 11 is 0.